The molecule has 4 N–H and O–H groups in total. The molecule has 1 aromatic heterocycles. The maximum atomic E-state index is 12.0. The largest absolute Gasteiger partial charge is 0.368 e. The van der Waals surface area contributed by atoms with Crippen LogP contribution in [0, 0.1) is 0 Å². The molecular formula is C19H19ClN6OS. The number of nitrogens with one attached hydrogen (secondary N) is 2. The van der Waals surface area contributed by atoms with Crippen molar-refractivity contribution in [3.8, 4) is 0 Å². The SMILES string of the molecule is Nc1nc(CSCC(=O)NCc2ccccc2Cl)nc(Nc2ccccc2)n1. The number of carbonyl (C=O) groups excluding carboxylic acids is 1. The first-order valence-corrected chi connectivity index (χ1v) is 10.0. The van der Waals surface area contributed by atoms with Gasteiger partial charge in [-0.25, -0.2) is 0 Å². The quantitative estimate of drug-likeness (QED) is 0.518. The first kappa shape index (κ1) is 19.9. The van der Waals surface area contributed by atoms with Crippen LogP contribution in [0.3, 0.4) is 0 Å². The zero-order valence-electron chi connectivity index (χ0n) is 14.9. The van der Waals surface area contributed by atoms with Gasteiger partial charge in [-0.2, -0.15) is 15.0 Å². The molecule has 0 spiro atoms. The van der Waals surface area contributed by atoms with Crippen LogP contribution in [-0.2, 0) is 17.1 Å². The van der Waals surface area contributed by atoms with Crippen molar-refractivity contribution in [3.63, 3.8) is 0 Å². The summed E-state index contributed by atoms with van der Waals surface area (Å²) < 4.78 is 0. The van der Waals surface area contributed by atoms with Crippen LogP contribution in [-0.4, -0.2) is 26.6 Å². The van der Waals surface area contributed by atoms with E-state index < -0.39 is 0 Å². The van der Waals surface area contributed by atoms with Gasteiger partial charge in [-0.1, -0.05) is 48.0 Å². The maximum Gasteiger partial charge on any atom is 0.232 e. The molecule has 0 fully saturated rings. The number of halogens is 1. The van der Waals surface area contributed by atoms with Gasteiger partial charge in [-0.15, -0.1) is 11.8 Å². The molecule has 1 amide bonds. The number of hydrogen-bond donors (Lipinski definition) is 3. The number of rotatable bonds is 8. The number of nitrogens with two attached hydrogens (primary N) is 1. The smallest absolute Gasteiger partial charge is 0.232 e. The first-order chi connectivity index (χ1) is 13.6. The van der Waals surface area contributed by atoms with E-state index in [2.05, 4.69) is 25.6 Å². The van der Waals surface area contributed by atoms with Crippen LogP contribution in [0.25, 0.3) is 0 Å². The lowest BCUT2D eigenvalue weighted by Gasteiger charge is -2.08. The molecule has 0 aliphatic carbocycles. The van der Waals surface area contributed by atoms with Gasteiger partial charge in [-0.05, 0) is 23.8 Å². The van der Waals surface area contributed by atoms with Crippen molar-refractivity contribution in [2.45, 2.75) is 12.3 Å². The molecule has 28 heavy (non-hydrogen) atoms. The summed E-state index contributed by atoms with van der Waals surface area (Å²) in [4.78, 5) is 24.6. The third kappa shape index (κ3) is 6.11. The number of aromatic nitrogens is 3. The highest BCUT2D eigenvalue weighted by atomic mass is 35.5. The molecule has 2 aromatic carbocycles. The monoisotopic (exact) mass is 414 g/mol. The number of para-hydroxylation sites is 1. The number of benzene rings is 2. The molecule has 0 unspecified atom stereocenters. The number of carbonyl (C=O) groups is 1. The summed E-state index contributed by atoms with van der Waals surface area (Å²) in [7, 11) is 0. The topological polar surface area (TPSA) is 106 Å². The van der Waals surface area contributed by atoms with Crippen LogP contribution in [0.15, 0.2) is 54.6 Å². The minimum Gasteiger partial charge on any atom is -0.368 e. The minimum atomic E-state index is -0.0884. The molecule has 0 radical (unpaired) electrons. The zero-order chi connectivity index (χ0) is 19.8. The Bertz CT molecular complexity index is 941. The Morgan fingerprint density at radius 2 is 1.79 bits per heavy atom. The highest BCUT2D eigenvalue weighted by Gasteiger charge is 2.08. The highest BCUT2D eigenvalue weighted by molar-refractivity contribution is 7.99. The Morgan fingerprint density at radius 3 is 2.57 bits per heavy atom. The van der Waals surface area contributed by atoms with Gasteiger partial charge in [-0.3, -0.25) is 4.79 Å². The molecule has 3 rings (SSSR count). The molecule has 9 heteroatoms. The molecule has 0 aliphatic heterocycles. The fraction of sp³-hybridized carbons (Fsp3) is 0.158. The van der Waals surface area contributed by atoms with Gasteiger partial charge < -0.3 is 16.4 Å². The second-order valence-electron chi connectivity index (χ2n) is 5.79. The van der Waals surface area contributed by atoms with Crippen molar-refractivity contribution < 1.29 is 4.79 Å². The van der Waals surface area contributed by atoms with E-state index >= 15 is 0 Å². The molecule has 0 saturated heterocycles. The minimum absolute atomic E-state index is 0.0884. The Hall–Kier alpha value is -2.84. The van der Waals surface area contributed by atoms with Crippen LogP contribution >= 0.6 is 23.4 Å². The first-order valence-electron chi connectivity index (χ1n) is 8.50. The van der Waals surface area contributed by atoms with E-state index in [9.17, 15) is 4.79 Å². The molecule has 0 saturated carbocycles. The van der Waals surface area contributed by atoms with E-state index in [4.69, 9.17) is 17.3 Å². The third-order valence-corrected chi connectivity index (χ3v) is 4.92. The number of nitrogen functional groups attached to an aromatic ring is 1. The van der Waals surface area contributed by atoms with Gasteiger partial charge >= 0.3 is 0 Å². The van der Waals surface area contributed by atoms with Crippen molar-refractivity contribution in [2.24, 2.45) is 0 Å². The Kier molecular flexibility index (Phi) is 7.05. The van der Waals surface area contributed by atoms with Crippen LogP contribution in [0.4, 0.5) is 17.6 Å². The Morgan fingerprint density at radius 1 is 1.04 bits per heavy atom. The van der Waals surface area contributed by atoms with Gasteiger partial charge in [0, 0.05) is 17.3 Å². The number of thioether (sulfide) groups is 1. The number of nitrogens with zero attached hydrogens (tertiary/aromatic N) is 3. The van der Waals surface area contributed by atoms with Crippen LogP contribution < -0.4 is 16.4 Å². The lowest BCUT2D eigenvalue weighted by atomic mass is 10.2. The van der Waals surface area contributed by atoms with Gasteiger partial charge in [0.25, 0.3) is 0 Å². The van der Waals surface area contributed by atoms with Gasteiger partial charge in [0.1, 0.15) is 5.82 Å². The summed E-state index contributed by atoms with van der Waals surface area (Å²) in [6.45, 7) is 0.392. The second kappa shape index (κ2) is 9.91. The highest BCUT2D eigenvalue weighted by Crippen LogP contribution is 2.16. The number of hydrogen-bond acceptors (Lipinski definition) is 7. The Balaban J connectivity index is 1.49. The maximum absolute atomic E-state index is 12.0. The molecule has 0 bridgehead atoms. The lowest BCUT2D eigenvalue weighted by molar-refractivity contribution is -0.118. The molecule has 1 heterocycles. The predicted molar refractivity (Wildman–Crippen MR) is 113 cm³/mol. The summed E-state index contributed by atoms with van der Waals surface area (Å²) in [6.07, 6.45) is 0. The van der Waals surface area contributed by atoms with E-state index in [1.54, 1.807) is 6.07 Å². The molecule has 0 atom stereocenters. The average molecular weight is 415 g/mol. The summed E-state index contributed by atoms with van der Waals surface area (Å²) >= 11 is 7.48. The van der Waals surface area contributed by atoms with Crippen molar-refractivity contribution in [3.05, 3.63) is 71.0 Å². The zero-order valence-corrected chi connectivity index (χ0v) is 16.5. The van der Waals surface area contributed by atoms with Crippen molar-refractivity contribution >= 4 is 46.9 Å². The summed E-state index contributed by atoms with van der Waals surface area (Å²) in [6, 6.07) is 16.9. The van der Waals surface area contributed by atoms with Crippen LogP contribution in [0.5, 0.6) is 0 Å². The van der Waals surface area contributed by atoms with E-state index in [0.717, 1.165) is 11.3 Å². The fourth-order valence-electron chi connectivity index (χ4n) is 2.33. The average Bonchev–Trinajstić information content (AvgIpc) is 2.68. The molecule has 3 aromatic rings. The normalized spacial score (nSPS) is 10.5. The van der Waals surface area contributed by atoms with Crippen LogP contribution in [0.1, 0.15) is 11.4 Å². The second-order valence-corrected chi connectivity index (χ2v) is 7.18. The van der Waals surface area contributed by atoms with Gasteiger partial charge in [0.2, 0.25) is 17.8 Å². The number of anilines is 3. The molecule has 0 aliphatic rings. The predicted octanol–water partition coefficient (Wildman–Crippen LogP) is 3.40. The number of amides is 1. The third-order valence-electron chi connectivity index (χ3n) is 3.63. The fourth-order valence-corrected chi connectivity index (χ4v) is 3.23. The Labute approximate surface area is 172 Å². The summed E-state index contributed by atoms with van der Waals surface area (Å²) in [5, 5.41) is 6.57. The summed E-state index contributed by atoms with van der Waals surface area (Å²) in [5.41, 5.74) is 7.50. The standard InChI is InChI=1S/C19H19ClN6OS/c20-15-9-5-4-6-13(15)10-22-17(27)12-28-11-16-24-18(21)26-19(25-16)23-14-7-2-1-3-8-14/h1-9H,10-12H2,(H,22,27)(H3,21,23,24,25,26). The lowest BCUT2D eigenvalue weighted by Crippen LogP contribution is -2.24. The van der Waals surface area contributed by atoms with E-state index in [0.29, 0.717) is 29.1 Å². The van der Waals surface area contributed by atoms with Crippen molar-refractivity contribution in [1.82, 2.24) is 20.3 Å². The molecular weight excluding hydrogens is 396 g/mol. The summed E-state index contributed by atoms with van der Waals surface area (Å²) in [5.74, 6) is 1.64. The molecule has 144 valence electrons. The van der Waals surface area contributed by atoms with Crippen molar-refractivity contribution in [2.75, 3.05) is 16.8 Å². The van der Waals surface area contributed by atoms with Crippen molar-refractivity contribution in [1.29, 1.82) is 0 Å². The van der Waals surface area contributed by atoms with E-state index in [1.165, 1.54) is 11.8 Å². The van der Waals surface area contributed by atoms with Gasteiger partial charge in [0.05, 0.1) is 11.5 Å². The molecule has 7 nitrogen and oxygen atoms in total. The van der Waals surface area contributed by atoms with E-state index in [1.807, 2.05) is 48.5 Å². The van der Waals surface area contributed by atoms with Crippen LogP contribution in [0.2, 0.25) is 5.02 Å². The van der Waals surface area contributed by atoms with E-state index in [-0.39, 0.29) is 17.6 Å². The van der Waals surface area contributed by atoms with Gasteiger partial charge in [0.15, 0.2) is 0 Å².